The van der Waals surface area contributed by atoms with Crippen LogP contribution in [0.2, 0.25) is 10.0 Å². The van der Waals surface area contributed by atoms with Gasteiger partial charge in [-0.2, -0.15) is 8.78 Å². The number of hydrogen-bond donors (Lipinski definition) is 0. The molecule has 0 bridgehead atoms. The maximum atomic E-state index is 13.4. The maximum Gasteiger partial charge on any atom is 0.387 e. The summed E-state index contributed by atoms with van der Waals surface area (Å²) in [5.41, 5.74) is 2.69. The van der Waals surface area contributed by atoms with Crippen molar-refractivity contribution in [2.24, 2.45) is 4.99 Å². The molecular formula is C27H20Cl2F2N2O3S. The first kappa shape index (κ1) is 26.9. The number of hydrogen-bond acceptors (Lipinski definition) is 5. The number of anilines is 1. The highest BCUT2D eigenvalue weighted by Crippen LogP contribution is 2.32. The predicted octanol–water partition coefficient (Wildman–Crippen LogP) is 7.52. The van der Waals surface area contributed by atoms with Gasteiger partial charge in [0.1, 0.15) is 11.4 Å². The number of amidine groups is 1. The highest BCUT2D eigenvalue weighted by molar-refractivity contribution is 8.14. The highest BCUT2D eigenvalue weighted by atomic mass is 35.5. The third-order valence-electron chi connectivity index (χ3n) is 5.42. The van der Waals surface area contributed by atoms with E-state index in [-0.39, 0.29) is 28.2 Å². The summed E-state index contributed by atoms with van der Waals surface area (Å²) in [6, 6.07) is 17.8. The van der Waals surface area contributed by atoms with E-state index < -0.39 is 12.5 Å². The zero-order valence-corrected chi connectivity index (χ0v) is 21.8. The minimum Gasteiger partial charge on any atom is -0.435 e. The molecule has 190 valence electrons. The Morgan fingerprint density at radius 3 is 2.41 bits per heavy atom. The average molecular weight is 561 g/mol. The minimum absolute atomic E-state index is 0.0373. The van der Waals surface area contributed by atoms with Crippen molar-refractivity contribution in [2.45, 2.75) is 20.0 Å². The third-order valence-corrected chi connectivity index (χ3v) is 6.92. The quantitative estimate of drug-likeness (QED) is 0.211. The van der Waals surface area contributed by atoms with Gasteiger partial charge in [-0.1, -0.05) is 72.2 Å². The number of alkyl halides is 2. The second-order valence-corrected chi connectivity index (χ2v) is 9.65. The van der Waals surface area contributed by atoms with E-state index >= 15 is 0 Å². The van der Waals surface area contributed by atoms with Crippen LogP contribution < -0.4 is 9.64 Å². The number of rotatable bonds is 8. The molecule has 0 atom stereocenters. The monoisotopic (exact) mass is 560 g/mol. The zero-order chi connectivity index (χ0) is 26.5. The maximum absolute atomic E-state index is 13.4. The van der Waals surface area contributed by atoms with Crippen molar-refractivity contribution in [3.05, 3.63) is 99.2 Å². The van der Waals surface area contributed by atoms with Gasteiger partial charge >= 0.3 is 6.61 Å². The molecule has 1 aliphatic rings. The van der Waals surface area contributed by atoms with Gasteiger partial charge in [-0.05, 0) is 60.0 Å². The summed E-state index contributed by atoms with van der Waals surface area (Å²) in [5, 5.41) is 1.06. The van der Waals surface area contributed by atoms with Crippen LogP contribution in [-0.4, -0.2) is 29.2 Å². The van der Waals surface area contributed by atoms with E-state index in [0.29, 0.717) is 26.9 Å². The molecule has 0 N–H and O–H groups in total. The molecule has 0 fully saturated rings. The molecule has 0 saturated heterocycles. The van der Waals surface area contributed by atoms with Crippen LogP contribution in [0.4, 0.5) is 14.5 Å². The van der Waals surface area contributed by atoms with Gasteiger partial charge < -0.3 is 4.74 Å². The molecule has 1 aliphatic heterocycles. The summed E-state index contributed by atoms with van der Waals surface area (Å²) < 4.78 is 29.5. The fourth-order valence-electron chi connectivity index (χ4n) is 3.50. The van der Waals surface area contributed by atoms with Crippen molar-refractivity contribution in [1.82, 2.24) is 0 Å². The largest absolute Gasteiger partial charge is 0.435 e. The van der Waals surface area contributed by atoms with Crippen molar-refractivity contribution in [2.75, 3.05) is 10.7 Å². The smallest absolute Gasteiger partial charge is 0.387 e. The Labute approximate surface area is 226 Å². The van der Waals surface area contributed by atoms with Gasteiger partial charge in [0.05, 0.1) is 11.4 Å². The Morgan fingerprint density at radius 2 is 1.78 bits per heavy atom. The molecule has 0 unspecified atom stereocenters. The molecule has 3 aromatic carbocycles. The molecule has 10 heteroatoms. The summed E-state index contributed by atoms with van der Waals surface area (Å²) >= 11 is 13.3. The average Bonchev–Trinajstić information content (AvgIpc) is 3.19. The zero-order valence-electron chi connectivity index (χ0n) is 19.5. The number of benzene rings is 3. The molecule has 0 spiro atoms. The molecule has 4 rings (SSSR count). The van der Waals surface area contributed by atoms with Crippen LogP contribution in [0.5, 0.6) is 5.75 Å². The lowest BCUT2D eigenvalue weighted by molar-refractivity contribution is -0.113. The van der Waals surface area contributed by atoms with Crippen LogP contribution in [0.1, 0.15) is 28.4 Å². The SMILES string of the molecule is CCc1ccc(C(=O)CSC2=NC(=Cc3ccc(Cl)cc3Cl)C(=O)N2c2ccc(OC(F)F)cc2)cc1. The summed E-state index contributed by atoms with van der Waals surface area (Å²) in [6.07, 6.45) is 2.39. The Morgan fingerprint density at radius 1 is 1.08 bits per heavy atom. The first-order chi connectivity index (χ1) is 17.7. The van der Waals surface area contributed by atoms with E-state index in [0.717, 1.165) is 23.7 Å². The molecule has 0 radical (unpaired) electrons. The van der Waals surface area contributed by atoms with E-state index in [4.69, 9.17) is 23.2 Å². The normalized spacial score (nSPS) is 14.4. The van der Waals surface area contributed by atoms with Crippen molar-refractivity contribution in [3.8, 4) is 5.75 Å². The highest BCUT2D eigenvalue weighted by Gasteiger charge is 2.32. The summed E-state index contributed by atoms with van der Waals surface area (Å²) in [4.78, 5) is 32.0. The molecule has 5 nitrogen and oxygen atoms in total. The minimum atomic E-state index is -2.97. The predicted molar refractivity (Wildman–Crippen MR) is 145 cm³/mol. The fraction of sp³-hybridized carbons (Fsp3) is 0.148. The Bertz CT molecular complexity index is 1380. The first-order valence-electron chi connectivity index (χ1n) is 11.1. The van der Waals surface area contributed by atoms with Crippen molar-refractivity contribution in [1.29, 1.82) is 0 Å². The number of amides is 1. The van der Waals surface area contributed by atoms with Crippen LogP contribution in [0.15, 0.2) is 77.4 Å². The fourth-order valence-corrected chi connectivity index (χ4v) is 4.87. The number of ether oxygens (including phenoxy) is 1. The van der Waals surface area contributed by atoms with Crippen molar-refractivity contribution in [3.63, 3.8) is 0 Å². The second kappa shape index (κ2) is 11.9. The van der Waals surface area contributed by atoms with Crippen LogP contribution >= 0.6 is 35.0 Å². The number of nitrogens with zero attached hydrogens (tertiary/aromatic N) is 2. The topological polar surface area (TPSA) is 59.0 Å². The summed E-state index contributed by atoms with van der Waals surface area (Å²) in [7, 11) is 0. The van der Waals surface area contributed by atoms with Gasteiger partial charge in [0, 0.05) is 15.6 Å². The van der Waals surface area contributed by atoms with Gasteiger partial charge in [0.15, 0.2) is 11.0 Å². The number of ketones is 1. The molecule has 1 heterocycles. The molecule has 0 aromatic heterocycles. The second-order valence-electron chi connectivity index (χ2n) is 7.87. The Balaban J connectivity index is 1.62. The van der Waals surface area contributed by atoms with Crippen molar-refractivity contribution >= 4 is 63.6 Å². The molecule has 3 aromatic rings. The van der Waals surface area contributed by atoms with Crippen LogP contribution in [0.25, 0.3) is 6.08 Å². The molecule has 37 heavy (non-hydrogen) atoms. The molecule has 0 saturated carbocycles. The van der Waals surface area contributed by atoms with E-state index in [9.17, 15) is 18.4 Å². The number of aryl methyl sites for hydroxylation is 1. The van der Waals surface area contributed by atoms with Gasteiger partial charge in [0.2, 0.25) is 0 Å². The number of carbonyl (C=O) groups is 2. The third kappa shape index (κ3) is 6.57. The first-order valence-corrected chi connectivity index (χ1v) is 12.9. The summed E-state index contributed by atoms with van der Waals surface area (Å²) in [5.74, 6) is -0.598. The standard InChI is InChI=1S/C27H20Cl2F2N2O3S/c1-2-16-3-5-17(6-4-16)24(34)15-37-27-32-23(13-18-7-8-19(28)14-22(18)29)25(35)33(27)20-9-11-21(12-10-20)36-26(30)31/h3-14,26H,2,15H2,1H3. The van der Waals surface area contributed by atoms with Gasteiger partial charge in [-0.15, -0.1) is 0 Å². The molecule has 1 amide bonds. The van der Waals surface area contributed by atoms with Crippen LogP contribution in [0, 0.1) is 0 Å². The van der Waals surface area contributed by atoms with Crippen molar-refractivity contribution < 1.29 is 23.1 Å². The lowest BCUT2D eigenvalue weighted by Crippen LogP contribution is -2.30. The van der Waals surface area contributed by atoms with E-state index in [1.807, 2.05) is 19.1 Å². The lowest BCUT2D eigenvalue weighted by atomic mass is 10.1. The number of Topliss-reactive ketones (excluding diaryl/α,β-unsaturated/α-hetero) is 1. The number of carbonyl (C=O) groups excluding carboxylic acids is 2. The van der Waals surface area contributed by atoms with Crippen LogP contribution in [-0.2, 0) is 11.2 Å². The van der Waals surface area contributed by atoms with Gasteiger partial charge in [-0.3, -0.25) is 14.5 Å². The van der Waals surface area contributed by atoms with E-state index in [2.05, 4.69) is 9.73 Å². The van der Waals surface area contributed by atoms with E-state index in [1.54, 1.807) is 30.3 Å². The van der Waals surface area contributed by atoms with Gasteiger partial charge in [0.25, 0.3) is 5.91 Å². The molecular weight excluding hydrogens is 541 g/mol. The van der Waals surface area contributed by atoms with Crippen LogP contribution in [0.3, 0.4) is 0 Å². The number of aliphatic imine (C=N–C) groups is 1. The lowest BCUT2D eigenvalue weighted by Gasteiger charge is -2.18. The Hall–Kier alpha value is -3.20. The number of thioether (sulfide) groups is 1. The summed E-state index contributed by atoms with van der Waals surface area (Å²) in [6.45, 7) is -0.937. The van der Waals surface area contributed by atoms with Gasteiger partial charge in [-0.25, -0.2) is 4.99 Å². The number of halogens is 4. The van der Waals surface area contributed by atoms with E-state index in [1.165, 1.54) is 35.2 Å². The molecule has 0 aliphatic carbocycles. The Kier molecular flexibility index (Phi) is 8.63.